The van der Waals surface area contributed by atoms with E-state index in [1.54, 1.807) is 7.11 Å². The molecule has 3 nitrogen and oxygen atoms in total. The molecular formula is C19H27NO2. The lowest BCUT2D eigenvalue weighted by molar-refractivity contribution is -0.138. The van der Waals surface area contributed by atoms with Crippen molar-refractivity contribution in [1.82, 2.24) is 4.90 Å². The molecular weight excluding hydrogens is 274 g/mol. The van der Waals surface area contributed by atoms with Gasteiger partial charge in [0.2, 0.25) is 5.91 Å². The number of rotatable bonds is 6. The van der Waals surface area contributed by atoms with E-state index in [4.69, 9.17) is 4.74 Å². The number of hydrogen-bond acceptors (Lipinski definition) is 2. The smallest absolute Gasteiger partial charge is 0.226 e. The van der Waals surface area contributed by atoms with Crippen molar-refractivity contribution < 1.29 is 9.53 Å². The van der Waals surface area contributed by atoms with Gasteiger partial charge >= 0.3 is 0 Å². The molecule has 2 fully saturated rings. The van der Waals surface area contributed by atoms with Gasteiger partial charge < -0.3 is 9.64 Å². The van der Waals surface area contributed by atoms with Crippen LogP contribution in [0.4, 0.5) is 0 Å². The Morgan fingerprint density at radius 2 is 1.82 bits per heavy atom. The average molecular weight is 301 g/mol. The molecule has 0 spiro atoms. The van der Waals surface area contributed by atoms with Crippen molar-refractivity contribution in [2.45, 2.75) is 58.0 Å². The zero-order valence-electron chi connectivity index (χ0n) is 13.8. The second kappa shape index (κ2) is 6.72. The highest BCUT2D eigenvalue weighted by molar-refractivity contribution is 5.79. The summed E-state index contributed by atoms with van der Waals surface area (Å²) in [7, 11) is 1.68. The molecule has 1 atom stereocenters. The van der Waals surface area contributed by atoms with Crippen molar-refractivity contribution in [1.29, 1.82) is 0 Å². The molecule has 0 bridgehead atoms. The Kier molecular flexibility index (Phi) is 4.70. The lowest BCUT2D eigenvalue weighted by atomic mass is 10.0. The molecule has 120 valence electrons. The van der Waals surface area contributed by atoms with Gasteiger partial charge in [-0.3, -0.25) is 4.79 Å². The minimum absolute atomic E-state index is 0.263. The Labute approximate surface area is 133 Å². The van der Waals surface area contributed by atoms with Crippen LogP contribution >= 0.6 is 0 Å². The Bertz CT molecular complexity index is 501. The van der Waals surface area contributed by atoms with E-state index in [-0.39, 0.29) is 5.92 Å². The van der Waals surface area contributed by atoms with Gasteiger partial charge in [-0.2, -0.15) is 0 Å². The maximum atomic E-state index is 12.9. The summed E-state index contributed by atoms with van der Waals surface area (Å²) in [5.74, 6) is 2.23. The molecule has 0 aromatic heterocycles. The van der Waals surface area contributed by atoms with Crippen molar-refractivity contribution in [2.75, 3.05) is 7.11 Å². The number of hydrogen-bond donors (Lipinski definition) is 0. The van der Waals surface area contributed by atoms with Crippen LogP contribution in [0.25, 0.3) is 0 Å². The SMILES string of the molecule is COc1ccc(CN(C(=O)C2CCCC2)C(C)C2CC2)cc1. The van der Waals surface area contributed by atoms with Crippen molar-refractivity contribution >= 4 is 5.91 Å². The summed E-state index contributed by atoms with van der Waals surface area (Å²) in [5.41, 5.74) is 1.19. The predicted molar refractivity (Wildman–Crippen MR) is 87.7 cm³/mol. The molecule has 2 aliphatic rings. The third-order valence-corrected chi connectivity index (χ3v) is 5.30. The fourth-order valence-electron chi connectivity index (χ4n) is 3.59. The van der Waals surface area contributed by atoms with E-state index in [1.165, 1.54) is 31.2 Å². The fourth-order valence-corrected chi connectivity index (χ4v) is 3.59. The summed E-state index contributed by atoms with van der Waals surface area (Å²) >= 11 is 0. The summed E-state index contributed by atoms with van der Waals surface area (Å²) in [6.45, 7) is 2.96. The zero-order valence-corrected chi connectivity index (χ0v) is 13.8. The van der Waals surface area contributed by atoms with E-state index in [0.717, 1.165) is 25.1 Å². The molecule has 1 unspecified atom stereocenters. The van der Waals surface area contributed by atoms with Gasteiger partial charge in [-0.25, -0.2) is 0 Å². The van der Waals surface area contributed by atoms with E-state index < -0.39 is 0 Å². The van der Waals surface area contributed by atoms with Crippen LogP contribution in [0.15, 0.2) is 24.3 Å². The molecule has 0 radical (unpaired) electrons. The van der Waals surface area contributed by atoms with Crippen LogP contribution in [0, 0.1) is 11.8 Å². The Hall–Kier alpha value is -1.51. The van der Waals surface area contributed by atoms with E-state index in [1.807, 2.05) is 12.1 Å². The summed E-state index contributed by atoms with van der Waals surface area (Å²) in [6.07, 6.45) is 7.14. The number of ether oxygens (including phenoxy) is 1. The largest absolute Gasteiger partial charge is 0.497 e. The van der Waals surface area contributed by atoms with Gasteiger partial charge in [0.1, 0.15) is 5.75 Å². The van der Waals surface area contributed by atoms with Crippen LogP contribution in [0.2, 0.25) is 0 Å². The number of methoxy groups -OCH3 is 1. The van der Waals surface area contributed by atoms with Crippen LogP contribution in [-0.2, 0) is 11.3 Å². The second-order valence-electron chi connectivity index (χ2n) is 6.87. The second-order valence-corrected chi connectivity index (χ2v) is 6.87. The monoisotopic (exact) mass is 301 g/mol. The average Bonchev–Trinajstić information content (AvgIpc) is 3.26. The molecule has 2 saturated carbocycles. The Balaban J connectivity index is 1.73. The first kappa shape index (κ1) is 15.4. The number of amides is 1. The first-order chi connectivity index (χ1) is 10.7. The van der Waals surface area contributed by atoms with Gasteiger partial charge in [0, 0.05) is 18.5 Å². The Morgan fingerprint density at radius 3 is 2.36 bits per heavy atom. The van der Waals surface area contributed by atoms with Gasteiger partial charge in [0.15, 0.2) is 0 Å². The van der Waals surface area contributed by atoms with Crippen LogP contribution in [0.1, 0.15) is 51.0 Å². The fraction of sp³-hybridized carbons (Fsp3) is 0.632. The molecule has 3 rings (SSSR count). The van der Waals surface area contributed by atoms with Gasteiger partial charge in [-0.1, -0.05) is 25.0 Å². The highest BCUT2D eigenvalue weighted by Crippen LogP contribution is 2.37. The van der Waals surface area contributed by atoms with Gasteiger partial charge in [0.25, 0.3) is 0 Å². The third kappa shape index (κ3) is 3.45. The van der Waals surface area contributed by atoms with Gasteiger partial charge in [-0.15, -0.1) is 0 Å². The minimum Gasteiger partial charge on any atom is -0.497 e. The number of carbonyl (C=O) groups excluding carboxylic acids is 1. The molecule has 0 N–H and O–H groups in total. The summed E-state index contributed by atoms with van der Waals surface area (Å²) in [5, 5.41) is 0. The van der Waals surface area contributed by atoms with Crippen LogP contribution in [0.3, 0.4) is 0 Å². The summed E-state index contributed by atoms with van der Waals surface area (Å²) < 4.78 is 5.22. The van der Waals surface area contributed by atoms with Gasteiger partial charge in [0.05, 0.1) is 7.11 Å². The zero-order chi connectivity index (χ0) is 15.5. The third-order valence-electron chi connectivity index (χ3n) is 5.30. The molecule has 0 heterocycles. The first-order valence-electron chi connectivity index (χ1n) is 8.62. The van der Waals surface area contributed by atoms with Crippen LogP contribution < -0.4 is 4.74 Å². The standard InChI is InChI=1S/C19H27NO2/c1-14(16-9-10-16)20(19(21)17-5-3-4-6-17)13-15-7-11-18(22-2)12-8-15/h7-8,11-12,14,16-17H,3-6,9-10,13H2,1-2H3. The van der Waals surface area contributed by atoms with E-state index in [9.17, 15) is 4.79 Å². The maximum absolute atomic E-state index is 12.9. The van der Waals surface area contributed by atoms with Crippen molar-refractivity contribution in [3.63, 3.8) is 0 Å². The summed E-state index contributed by atoms with van der Waals surface area (Å²) in [4.78, 5) is 15.1. The van der Waals surface area contributed by atoms with Crippen LogP contribution in [-0.4, -0.2) is 24.0 Å². The van der Waals surface area contributed by atoms with Gasteiger partial charge in [-0.05, 0) is 56.2 Å². The predicted octanol–water partition coefficient (Wildman–Crippen LogP) is 4.01. The highest BCUT2D eigenvalue weighted by atomic mass is 16.5. The molecule has 0 aliphatic heterocycles. The molecule has 3 heteroatoms. The number of benzene rings is 1. The number of nitrogens with zero attached hydrogens (tertiary/aromatic N) is 1. The Morgan fingerprint density at radius 1 is 1.18 bits per heavy atom. The van der Waals surface area contributed by atoms with Crippen LogP contribution in [0.5, 0.6) is 5.75 Å². The first-order valence-corrected chi connectivity index (χ1v) is 8.62. The molecule has 22 heavy (non-hydrogen) atoms. The van der Waals surface area contributed by atoms with Crippen molar-refractivity contribution in [2.24, 2.45) is 11.8 Å². The number of carbonyl (C=O) groups is 1. The molecule has 2 aliphatic carbocycles. The maximum Gasteiger partial charge on any atom is 0.226 e. The topological polar surface area (TPSA) is 29.5 Å². The lowest BCUT2D eigenvalue weighted by Gasteiger charge is -2.32. The molecule has 1 aromatic carbocycles. The summed E-state index contributed by atoms with van der Waals surface area (Å²) in [6, 6.07) is 8.49. The van der Waals surface area contributed by atoms with Crippen molar-refractivity contribution in [3.05, 3.63) is 29.8 Å². The minimum atomic E-state index is 0.263. The lowest BCUT2D eigenvalue weighted by Crippen LogP contribution is -2.42. The van der Waals surface area contributed by atoms with E-state index in [2.05, 4.69) is 24.0 Å². The molecule has 1 aromatic rings. The van der Waals surface area contributed by atoms with Crippen molar-refractivity contribution in [3.8, 4) is 5.75 Å². The molecule has 0 saturated heterocycles. The highest BCUT2D eigenvalue weighted by Gasteiger charge is 2.37. The van der Waals surface area contributed by atoms with E-state index >= 15 is 0 Å². The normalized spacial score (nSPS) is 19.9. The quantitative estimate of drug-likeness (QED) is 0.794. The van der Waals surface area contributed by atoms with E-state index in [0.29, 0.717) is 17.9 Å². The molecule has 1 amide bonds.